The Labute approximate surface area is 107 Å². The molecule has 0 radical (unpaired) electrons. The van der Waals surface area contributed by atoms with E-state index in [0.29, 0.717) is 0 Å². The second-order valence-corrected chi connectivity index (χ2v) is 3.06. The average molecular weight is 264 g/mol. The van der Waals surface area contributed by atoms with E-state index in [-0.39, 0.29) is 30.7 Å². The Morgan fingerprint density at radius 1 is 0.688 bits per heavy atom. The molecule has 0 aliphatic carbocycles. The van der Waals surface area contributed by atoms with Crippen LogP contribution in [0.1, 0.15) is 15.9 Å². The van der Waals surface area contributed by atoms with Crippen molar-refractivity contribution in [3.05, 3.63) is 71.8 Å². The molecule has 0 unspecified atom stereocenters. The largest absolute Gasteiger partial charge is 2.00 e. The fourth-order valence-corrected chi connectivity index (χ4v) is 1.35. The predicted octanol–water partition coefficient (Wildman–Crippen LogP) is 2.80. The standard InChI is InChI=1S/C13H10O.O.Zn/c14-13(11-7-3-1-4-8-11)12-9-5-2-6-10-12;;/h1-10H;;/q;-2;+2. The van der Waals surface area contributed by atoms with E-state index >= 15 is 0 Å². The maximum atomic E-state index is 11.8. The zero-order chi connectivity index (χ0) is 9.80. The first kappa shape index (κ1) is 14.7. The van der Waals surface area contributed by atoms with Crippen LogP contribution in [-0.4, -0.2) is 5.78 Å². The molecule has 0 aromatic heterocycles. The Bertz CT molecular complexity index is 385. The fourth-order valence-electron chi connectivity index (χ4n) is 1.35. The number of rotatable bonds is 2. The van der Waals surface area contributed by atoms with Crippen molar-refractivity contribution in [3.63, 3.8) is 0 Å². The van der Waals surface area contributed by atoms with Gasteiger partial charge in [-0.15, -0.1) is 0 Å². The third-order valence-corrected chi connectivity index (χ3v) is 2.07. The molecular weight excluding hydrogens is 254 g/mol. The van der Waals surface area contributed by atoms with Crippen LogP contribution in [-0.2, 0) is 25.0 Å². The Kier molecular flexibility index (Phi) is 6.47. The second kappa shape index (κ2) is 7.05. The number of ketones is 1. The summed E-state index contributed by atoms with van der Waals surface area (Å²) >= 11 is 0. The minimum absolute atomic E-state index is 0. The van der Waals surface area contributed by atoms with Crippen LogP contribution in [0.15, 0.2) is 60.7 Å². The summed E-state index contributed by atoms with van der Waals surface area (Å²) in [6, 6.07) is 18.6. The Balaban J connectivity index is 0.00000112. The normalized spacial score (nSPS) is 8.50. The first-order chi connectivity index (χ1) is 6.88. The molecule has 0 atom stereocenters. The van der Waals surface area contributed by atoms with Crippen molar-refractivity contribution >= 4 is 5.78 Å². The van der Waals surface area contributed by atoms with Gasteiger partial charge in [0.15, 0.2) is 5.78 Å². The maximum absolute atomic E-state index is 11.8. The maximum Gasteiger partial charge on any atom is 2.00 e. The van der Waals surface area contributed by atoms with Crippen LogP contribution in [0, 0.1) is 0 Å². The molecule has 16 heavy (non-hydrogen) atoms. The number of carbonyl (C=O) groups is 1. The summed E-state index contributed by atoms with van der Waals surface area (Å²) in [4.78, 5) is 11.8. The van der Waals surface area contributed by atoms with Crippen LogP contribution in [0.2, 0.25) is 0 Å². The molecule has 0 N–H and O–H groups in total. The van der Waals surface area contributed by atoms with E-state index in [1.165, 1.54) is 0 Å². The van der Waals surface area contributed by atoms with Gasteiger partial charge in [-0.2, -0.15) is 0 Å². The predicted molar refractivity (Wildman–Crippen MR) is 57.0 cm³/mol. The Morgan fingerprint density at radius 3 is 1.31 bits per heavy atom. The summed E-state index contributed by atoms with van der Waals surface area (Å²) < 4.78 is 0. The third-order valence-electron chi connectivity index (χ3n) is 2.07. The van der Waals surface area contributed by atoms with Gasteiger partial charge in [0.1, 0.15) is 0 Å². The molecule has 0 aliphatic heterocycles. The summed E-state index contributed by atoms with van der Waals surface area (Å²) in [7, 11) is 0. The minimum Gasteiger partial charge on any atom is -2.00 e. The molecule has 0 fully saturated rings. The van der Waals surface area contributed by atoms with Crippen molar-refractivity contribution in [3.8, 4) is 0 Å². The monoisotopic (exact) mass is 262 g/mol. The van der Waals surface area contributed by atoms with Crippen molar-refractivity contribution in [1.82, 2.24) is 0 Å². The van der Waals surface area contributed by atoms with Crippen LogP contribution in [0.3, 0.4) is 0 Å². The summed E-state index contributed by atoms with van der Waals surface area (Å²) in [6.07, 6.45) is 0. The van der Waals surface area contributed by atoms with E-state index in [2.05, 4.69) is 0 Å². The van der Waals surface area contributed by atoms with Gasteiger partial charge in [0.2, 0.25) is 0 Å². The first-order valence-electron chi connectivity index (χ1n) is 4.53. The van der Waals surface area contributed by atoms with Gasteiger partial charge in [0.05, 0.1) is 0 Å². The molecule has 0 amide bonds. The molecule has 2 aromatic carbocycles. The molecule has 0 aliphatic rings. The van der Waals surface area contributed by atoms with Crippen LogP contribution in [0.5, 0.6) is 0 Å². The zero-order valence-electron chi connectivity index (χ0n) is 8.80. The summed E-state index contributed by atoms with van der Waals surface area (Å²) in [5.74, 6) is 0.0752. The third kappa shape index (κ3) is 3.37. The van der Waals surface area contributed by atoms with Crippen molar-refractivity contribution in [2.24, 2.45) is 0 Å². The molecule has 3 heteroatoms. The van der Waals surface area contributed by atoms with Crippen molar-refractivity contribution in [2.75, 3.05) is 0 Å². The van der Waals surface area contributed by atoms with Gasteiger partial charge >= 0.3 is 19.5 Å². The van der Waals surface area contributed by atoms with Gasteiger partial charge in [0.25, 0.3) is 0 Å². The SMILES string of the molecule is O=C(c1ccccc1)c1ccccc1.[O-2].[Zn+2]. The summed E-state index contributed by atoms with van der Waals surface area (Å²) in [5.41, 5.74) is 1.47. The van der Waals surface area contributed by atoms with Crippen LogP contribution < -0.4 is 0 Å². The van der Waals surface area contributed by atoms with E-state index in [9.17, 15) is 4.79 Å². The topological polar surface area (TPSA) is 45.6 Å². The molecule has 2 rings (SSSR count). The van der Waals surface area contributed by atoms with Crippen molar-refractivity contribution in [1.29, 1.82) is 0 Å². The Morgan fingerprint density at radius 2 is 1.00 bits per heavy atom. The molecule has 0 spiro atoms. The Hall–Kier alpha value is -1.31. The number of hydrogen-bond donors (Lipinski definition) is 0. The van der Waals surface area contributed by atoms with Crippen molar-refractivity contribution < 1.29 is 29.7 Å². The number of carbonyl (C=O) groups excluding carboxylic acids is 1. The van der Waals surface area contributed by atoms with Gasteiger partial charge in [-0.3, -0.25) is 4.79 Å². The van der Waals surface area contributed by atoms with Crippen LogP contribution >= 0.6 is 0 Å². The molecule has 0 bridgehead atoms. The van der Waals surface area contributed by atoms with E-state index in [1.54, 1.807) is 0 Å². The fraction of sp³-hybridized carbons (Fsp3) is 0. The van der Waals surface area contributed by atoms with Gasteiger partial charge in [-0.05, 0) is 0 Å². The zero-order valence-corrected chi connectivity index (χ0v) is 11.8. The minimum atomic E-state index is 0. The summed E-state index contributed by atoms with van der Waals surface area (Å²) in [5, 5.41) is 0. The van der Waals surface area contributed by atoms with Crippen LogP contribution in [0.4, 0.5) is 0 Å². The number of benzene rings is 2. The molecule has 2 aromatic rings. The van der Waals surface area contributed by atoms with E-state index < -0.39 is 0 Å². The average Bonchev–Trinajstić information content (AvgIpc) is 2.30. The van der Waals surface area contributed by atoms with Gasteiger partial charge in [-0.1, -0.05) is 60.7 Å². The second-order valence-electron chi connectivity index (χ2n) is 3.06. The van der Waals surface area contributed by atoms with E-state index in [1.807, 2.05) is 60.7 Å². The van der Waals surface area contributed by atoms with E-state index in [4.69, 9.17) is 0 Å². The molecule has 0 saturated carbocycles. The first-order valence-corrected chi connectivity index (χ1v) is 4.53. The van der Waals surface area contributed by atoms with Crippen LogP contribution in [0.25, 0.3) is 0 Å². The van der Waals surface area contributed by atoms with Crippen molar-refractivity contribution in [2.45, 2.75) is 0 Å². The quantitative estimate of drug-likeness (QED) is 0.607. The molecule has 2 nitrogen and oxygen atoms in total. The van der Waals surface area contributed by atoms with Gasteiger partial charge in [0, 0.05) is 11.1 Å². The van der Waals surface area contributed by atoms with E-state index in [0.717, 1.165) is 11.1 Å². The number of hydrogen-bond acceptors (Lipinski definition) is 1. The summed E-state index contributed by atoms with van der Waals surface area (Å²) in [6.45, 7) is 0. The van der Waals surface area contributed by atoms with Gasteiger partial charge in [-0.25, -0.2) is 0 Å². The molecule has 0 heterocycles. The molecular formula is C13H10O2Zn. The molecule has 76 valence electrons. The van der Waals surface area contributed by atoms with Gasteiger partial charge < -0.3 is 5.48 Å². The smallest absolute Gasteiger partial charge is 2.00 e. The molecule has 0 saturated heterocycles.